The van der Waals surface area contributed by atoms with E-state index in [0.29, 0.717) is 25.3 Å². The fourth-order valence-electron chi connectivity index (χ4n) is 4.11. The van der Waals surface area contributed by atoms with Gasteiger partial charge < -0.3 is 16.0 Å². The van der Waals surface area contributed by atoms with Gasteiger partial charge in [-0.25, -0.2) is 4.79 Å². The molecule has 7 nitrogen and oxygen atoms in total. The average molecular weight is 401 g/mol. The molecule has 29 heavy (non-hydrogen) atoms. The summed E-state index contributed by atoms with van der Waals surface area (Å²) in [6.45, 7) is 5.04. The van der Waals surface area contributed by atoms with Gasteiger partial charge >= 0.3 is 6.03 Å². The maximum atomic E-state index is 12.6. The normalized spacial score (nSPS) is 18.9. The fraction of sp³-hybridized carbons (Fsp3) is 0.591. The number of benzene rings is 1. The third-order valence-corrected chi connectivity index (χ3v) is 5.94. The van der Waals surface area contributed by atoms with E-state index >= 15 is 0 Å². The fourth-order valence-corrected chi connectivity index (χ4v) is 4.11. The second kappa shape index (κ2) is 9.29. The summed E-state index contributed by atoms with van der Waals surface area (Å²) in [5, 5.41) is 9.30. The highest BCUT2D eigenvalue weighted by molar-refractivity contribution is 6.07. The van der Waals surface area contributed by atoms with Crippen molar-refractivity contribution in [3.63, 3.8) is 0 Å². The zero-order valence-electron chi connectivity index (χ0n) is 17.4. The van der Waals surface area contributed by atoms with Gasteiger partial charge in [0.1, 0.15) is 5.54 Å². The molecule has 1 saturated heterocycles. The van der Waals surface area contributed by atoms with E-state index in [1.807, 2.05) is 30.3 Å². The minimum absolute atomic E-state index is 0.0619. The van der Waals surface area contributed by atoms with Gasteiger partial charge in [-0.05, 0) is 37.3 Å². The lowest BCUT2D eigenvalue weighted by atomic mass is 9.98. The van der Waals surface area contributed by atoms with Crippen LogP contribution in [-0.4, -0.2) is 47.4 Å². The summed E-state index contributed by atoms with van der Waals surface area (Å²) in [6, 6.07) is 9.74. The first-order valence-electron chi connectivity index (χ1n) is 10.6. The molecule has 1 aromatic carbocycles. The van der Waals surface area contributed by atoms with E-state index in [2.05, 4.69) is 29.8 Å². The summed E-state index contributed by atoms with van der Waals surface area (Å²) in [6.07, 6.45) is 4.14. The van der Waals surface area contributed by atoms with E-state index < -0.39 is 5.54 Å². The maximum Gasteiger partial charge on any atom is 0.325 e. The number of carbonyl (C=O) groups excluding carboxylic acids is 3. The highest BCUT2D eigenvalue weighted by atomic mass is 16.2. The van der Waals surface area contributed by atoms with E-state index in [4.69, 9.17) is 0 Å². The third-order valence-electron chi connectivity index (χ3n) is 5.94. The van der Waals surface area contributed by atoms with E-state index in [-0.39, 0.29) is 30.4 Å². The number of para-hydroxylation sites is 1. The molecule has 1 atom stereocenters. The van der Waals surface area contributed by atoms with E-state index in [0.717, 1.165) is 31.4 Å². The average Bonchev–Trinajstić information content (AvgIpc) is 3.26. The predicted molar refractivity (Wildman–Crippen MR) is 112 cm³/mol. The van der Waals surface area contributed by atoms with Crippen molar-refractivity contribution < 1.29 is 14.4 Å². The Balaban J connectivity index is 1.41. The molecule has 1 aliphatic heterocycles. The largest absolute Gasteiger partial charge is 0.380 e. The van der Waals surface area contributed by atoms with Crippen molar-refractivity contribution in [2.75, 3.05) is 18.4 Å². The van der Waals surface area contributed by atoms with E-state index in [1.54, 1.807) is 0 Å². The Bertz CT molecular complexity index is 729. The molecule has 3 N–H and O–H groups in total. The molecule has 1 saturated carbocycles. The van der Waals surface area contributed by atoms with Crippen molar-refractivity contribution in [3.8, 4) is 0 Å². The highest BCUT2D eigenvalue weighted by Crippen LogP contribution is 2.35. The quantitative estimate of drug-likeness (QED) is 0.556. The Labute approximate surface area is 172 Å². The maximum absolute atomic E-state index is 12.6. The van der Waals surface area contributed by atoms with Crippen LogP contribution in [0.3, 0.4) is 0 Å². The Morgan fingerprint density at radius 2 is 1.86 bits per heavy atom. The number of rotatable bonds is 9. The molecule has 1 spiro atoms. The number of hydrogen-bond acceptors (Lipinski definition) is 4. The van der Waals surface area contributed by atoms with Crippen molar-refractivity contribution >= 4 is 23.5 Å². The van der Waals surface area contributed by atoms with Crippen LogP contribution in [0.25, 0.3) is 0 Å². The molecule has 0 bridgehead atoms. The van der Waals surface area contributed by atoms with Gasteiger partial charge in [-0.2, -0.15) is 0 Å². The van der Waals surface area contributed by atoms with Crippen LogP contribution in [0.15, 0.2) is 30.3 Å². The smallest absolute Gasteiger partial charge is 0.325 e. The van der Waals surface area contributed by atoms with Crippen LogP contribution in [0.2, 0.25) is 0 Å². The number of urea groups is 1. The topological polar surface area (TPSA) is 90.5 Å². The molecule has 0 radical (unpaired) electrons. The molecular formula is C22H32N4O3. The molecule has 2 aliphatic rings. The second-order valence-electron chi connectivity index (χ2n) is 8.44. The predicted octanol–water partition coefficient (Wildman–Crippen LogP) is 2.88. The first-order valence-corrected chi connectivity index (χ1v) is 10.6. The highest BCUT2D eigenvalue weighted by Gasteiger charge is 2.52. The van der Waals surface area contributed by atoms with Crippen LogP contribution < -0.4 is 16.0 Å². The van der Waals surface area contributed by atoms with Crippen LogP contribution in [0, 0.1) is 5.92 Å². The SMILES string of the molecule is CC(C)C(CNC(=O)CCCN1C(=O)NC2(CCCC2)C1=O)Nc1ccccc1. The Hall–Kier alpha value is -2.57. The van der Waals surface area contributed by atoms with Crippen LogP contribution in [-0.2, 0) is 9.59 Å². The molecule has 1 unspecified atom stereocenters. The molecule has 4 amide bonds. The monoisotopic (exact) mass is 400 g/mol. The van der Waals surface area contributed by atoms with Crippen molar-refractivity contribution in [1.29, 1.82) is 0 Å². The first kappa shape index (κ1) is 21.1. The van der Waals surface area contributed by atoms with Crippen LogP contribution in [0.1, 0.15) is 52.4 Å². The summed E-state index contributed by atoms with van der Waals surface area (Å²) in [4.78, 5) is 38.3. The van der Waals surface area contributed by atoms with E-state index in [9.17, 15) is 14.4 Å². The Morgan fingerprint density at radius 3 is 2.52 bits per heavy atom. The summed E-state index contributed by atoms with van der Waals surface area (Å²) in [5.74, 6) is 0.171. The van der Waals surface area contributed by atoms with Crippen LogP contribution in [0.4, 0.5) is 10.5 Å². The number of amides is 4. The van der Waals surface area contributed by atoms with Crippen LogP contribution in [0.5, 0.6) is 0 Å². The molecule has 7 heteroatoms. The lowest BCUT2D eigenvalue weighted by molar-refractivity contribution is -0.131. The molecule has 1 aliphatic carbocycles. The number of hydrogen-bond donors (Lipinski definition) is 3. The number of nitrogens with zero attached hydrogens (tertiary/aromatic N) is 1. The van der Waals surface area contributed by atoms with Gasteiger partial charge in [0.25, 0.3) is 5.91 Å². The van der Waals surface area contributed by atoms with Gasteiger partial charge in [0.15, 0.2) is 0 Å². The van der Waals surface area contributed by atoms with Gasteiger partial charge in [-0.1, -0.05) is 44.9 Å². The van der Waals surface area contributed by atoms with Gasteiger partial charge in [0.05, 0.1) is 0 Å². The zero-order valence-corrected chi connectivity index (χ0v) is 17.4. The summed E-state index contributed by atoms with van der Waals surface area (Å²) < 4.78 is 0. The van der Waals surface area contributed by atoms with Crippen molar-refractivity contribution in [3.05, 3.63) is 30.3 Å². The minimum atomic E-state index is -0.674. The molecule has 2 fully saturated rings. The van der Waals surface area contributed by atoms with Crippen molar-refractivity contribution in [2.24, 2.45) is 5.92 Å². The van der Waals surface area contributed by atoms with E-state index in [1.165, 1.54) is 4.90 Å². The number of imide groups is 1. The summed E-state index contributed by atoms with van der Waals surface area (Å²) in [5.41, 5.74) is 0.354. The number of nitrogens with one attached hydrogen (secondary N) is 3. The number of anilines is 1. The molecule has 1 aromatic rings. The van der Waals surface area contributed by atoms with Crippen molar-refractivity contribution in [2.45, 2.75) is 64.0 Å². The molecule has 0 aromatic heterocycles. The minimum Gasteiger partial charge on any atom is -0.380 e. The summed E-state index contributed by atoms with van der Waals surface area (Å²) in [7, 11) is 0. The number of carbonyl (C=O) groups is 3. The van der Waals surface area contributed by atoms with Gasteiger partial charge in [-0.3, -0.25) is 14.5 Å². The zero-order chi connectivity index (χ0) is 20.9. The molecule has 158 valence electrons. The summed E-state index contributed by atoms with van der Waals surface area (Å²) >= 11 is 0. The lowest BCUT2D eigenvalue weighted by Crippen LogP contribution is -2.44. The lowest BCUT2D eigenvalue weighted by Gasteiger charge is -2.24. The Kier molecular flexibility index (Phi) is 6.77. The Morgan fingerprint density at radius 1 is 1.17 bits per heavy atom. The molecular weight excluding hydrogens is 368 g/mol. The van der Waals surface area contributed by atoms with Crippen LogP contribution >= 0.6 is 0 Å². The third kappa shape index (κ3) is 5.08. The van der Waals surface area contributed by atoms with Gasteiger partial charge in [0.2, 0.25) is 5.91 Å². The van der Waals surface area contributed by atoms with Crippen molar-refractivity contribution in [1.82, 2.24) is 15.5 Å². The standard InChI is InChI=1S/C22H32N4O3/c1-16(2)18(24-17-9-4-3-5-10-17)15-23-19(27)11-8-14-26-20(28)22(25-21(26)29)12-6-7-13-22/h3-5,9-10,16,18,24H,6-8,11-15H2,1-2H3,(H,23,27)(H,25,29). The van der Waals surface area contributed by atoms with Gasteiger partial charge in [-0.15, -0.1) is 0 Å². The molecule has 1 heterocycles. The van der Waals surface area contributed by atoms with Gasteiger partial charge in [0, 0.05) is 31.2 Å². The molecule has 3 rings (SSSR count). The first-order chi connectivity index (χ1) is 13.9. The second-order valence-corrected chi connectivity index (χ2v) is 8.44.